The Kier molecular flexibility index (Phi) is 4.26. The number of benzene rings is 1. The molecule has 1 saturated heterocycles. The van der Waals surface area contributed by atoms with E-state index in [4.69, 9.17) is 4.42 Å². The van der Waals surface area contributed by atoms with Crippen LogP contribution in [0.2, 0.25) is 0 Å². The van der Waals surface area contributed by atoms with Crippen LogP contribution in [0.25, 0.3) is 11.5 Å². The molecule has 1 aromatic heterocycles. The number of hydrogen-bond acceptors (Lipinski definition) is 6. The predicted octanol–water partition coefficient (Wildman–Crippen LogP) is 1.75. The molecule has 2 aromatic rings. The van der Waals surface area contributed by atoms with Gasteiger partial charge in [-0.25, -0.2) is 8.42 Å². The van der Waals surface area contributed by atoms with Gasteiger partial charge in [0, 0.05) is 11.6 Å². The van der Waals surface area contributed by atoms with Gasteiger partial charge in [-0.2, -0.15) is 0 Å². The molecular weight excluding hydrogens is 302 g/mol. The Morgan fingerprint density at radius 3 is 2.68 bits per heavy atom. The SMILES string of the molecule is CCN(Cc1nnc(-c2ccccc2)o1)[C@@H]1CCS(=O)(=O)C1. The van der Waals surface area contributed by atoms with E-state index in [0.29, 0.717) is 24.7 Å². The predicted molar refractivity (Wildman–Crippen MR) is 82.9 cm³/mol. The minimum absolute atomic E-state index is 0.0436. The van der Waals surface area contributed by atoms with E-state index >= 15 is 0 Å². The molecule has 0 bridgehead atoms. The molecule has 0 radical (unpaired) electrons. The van der Waals surface area contributed by atoms with Crippen LogP contribution in [0, 0.1) is 0 Å². The summed E-state index contributed by atoms with van der Waals surface area (Å²) in [5.41, 5.74) is 0.882. The summed E-state index contributed by atoms with van der Waals surface area (Å²) in [5.74, 6) is 1.50. The molecule has 6 nitrogen and oxygen atoms in total. The van der Waals surface area contributed by atoms with E-state index in [-0.39, 0.29) is 17.5 Å². The largest absolute Gasteiger partial charge is 0.419 e. The zero-order valence-corrected chi connectivity index (χ0v) is 13.3. The highest BCUT2D eigenvalue weighted by molar-refractivity contribution is 7.91. The van der Waals surface area contributed by atoms with Crippen LogP contribution in [0.15, 0.2) is 34.7 Å². The zero-order chi connectivity index (χ0) is 15.6. The lowest BCUT2D eigenvalue weighted by Crippen LogP contribution is -2.35. The molecule has 1 aliphatic heterocycles. The van der Waals surface area contributed by atoms with Gasteiger partial charge in [0.1, 0.15) is 0 Å². The van der Waals surface area contributed by atoms with Gasteiger partial charge in [-0.1, -0.05) is 25.1 Å². The van der Waals surface area contributed by atoms with Gasteiger partial charge in [0.05, 0.1) is 18.1 Å². The van der Waals surface area contributed by atoms with E-state index in [1.54, 1.807) is 0 Å². The highest BCUT2D eigenvalue weighted by Gasteiger charge is 2.32. The molecule has 2 heterocycles. The molecular formula is C15H19N3O3S. The van der Waals surface area contributed by atoms with Gasteiger partial charge in [-0.15, -0.1) is 10.2 Å². The maximum absolute atomic E-state index is 11.6. The van der Waals surface area contributed by atoms with Crippen molar-refractivity contribution in [3.8, 4) is 11.5 Å². The second-order valence-electron chi connectivity index (χ2n) is 5.49. The summed E-state index contributed by atoms with van der Waals surface area (Å²) in [4.78, 5) is 2.09. The van der Waals surface area contributed by atoms with Crippen LogP contribution in [0.3, 0.4) is 0 Å². The Labute approximate surface area is 130 Å². The second kappa shape index (κ2) is 6.18. The second-order valence-corrected chi connectivity index (χ2v) is 7.72. The number of rotatable bonds is 5. The number of nitrogens with zero attached hydrogens (tertiary/aromatic N) is 3. The van der Waals surface area contributed by atoms with Crippen molar-refractivity contribution < 1.29 is 12.8 Å². The standard InChI is InChI=1S/C15H19N3O3S/c1-2-18(13-8-9-22(19,20)11-13)10-14-16-17-15(21-14)12-6-4-3-5-7-12/h3-7,13H,2,8-11H2,1H3/t13-/m1/s1. The molecule has 3 rings (SSSR count). The maximum Gasteiger partial charge on any atom is 0.247 e. The molecule has 7 heteroatoms. The van der Waals surface area contributed by atoms with Gasteiger partial charge in [-0.05, 0) is 25.1 Å². The topological polar surface area (TPSA) is 76.3 Å². The average molecular weight is 321 g/mol. The van der Waals surface area contributed by atoms with Crippen molar-refractivity contribution in [1.29, 1.82) is 0 Å². The molecule has 1 aliphatic rings. The lowest BCUT2D eigenvalue weighted by Gasteiger charge is -2.24. The van der Waals surface area contributed by atoms with Crippen molar-refractivity contribution in [2.45, 2.75) is 25.9 Å². The van der Waals surface area contributed by atoms with E-state index in [0.717, 1.165) is 12.1 Å². The Bertz CT molecular complexity index is 728. The summed E-state index contributed by atoms with van der Waals surface area (Å²) in [6, 6.07) is 9.64. The molecule has 0 aliphatic carbocycles. The lowest BCUT2D eigenvalue weighted by atomic mass is 10.2. The van der Waals surface area contributed by atoms with Crippen LogP contribution >= 0.6 is 0 Å². The number of aromatic nitrogens is 2. The van der Waals surface area contributed by atoms with Crippen molar-refractivity contribution >= 4 is 9.84 Å². The summed E-state index contributed by atoms with van der Waals surface area (Å²) in [6.45, 7) is 3.25. The Balaban J connectivity index is 1.71. The number of hydrogen-bond donors (Lipinski definition) is 0. The van der Waals surface area contributed by atoms with Crippen LogP contribution in [-0.4, -0.2) is 47.6 Å². The molecule has 0 N–H and O–H groups in total. The summed E-state index contributed by atoms with van der Waals surface area (Å²) in [5, 5.41) is 8.15. The first-order valence-corrected chi connectivity index (χ1v) is 9.22. The smallest absolute Gasteiger partial charge is 0.247 e. The van der Waals surface area contributed by atoms with Crippen molar-refractivity contribution in [2.75, 3.05) is 18.1 Å². The Morgan fingerprint density at radius 1 is 1.27 bits per heavy atom. The Morgan fingerprint density at radius 2 is 2.05 bits per heavy atom. The lowest BCUT2D eigenvalue weighted by molar-refractivity contribution is 0.195. The first-order valence-electron chi connectivity index (χ1n) is 7.39. The highest BCUT2D eigenvalue weighted by Crippen LogP contribution is 2.21. The van der Waals surface area contributed by atoms with Crippen molar-refractivity contribution in [3.63, 3.8) is 0 Å². The van der Waals surface area contributed by atoms with E-state index in [1.165, 1.54) is 0 Å². The van der Waals surface area contributed by atoms with Gasteiger partial charge in [0.15, 0.2) is 9.84 Å². The molecule has 118 valence electrons. The minimum atomic E-state index is -2.89. The van der Waals surface area contributed by atoms with Crippen molar-refractivity contribution in [3.05, 3.63) is 36.2 Å². The van der Waals surface area contributed by atoms with Gasteiger partial charge in [0.2, 0.25) is 11.8 Å². The van der Waals surface area contributed by atoms with Gasteiger partial charge >= 0.3 is 0 Å². The van der Waals surface area contributed by atoms with Gasteiger partial charge < -0.3 is 4.42 Å². The molecule has 1 aromatic carbocycles. The number of sulfone groups is 1. The zero-order valence-electron chi connectivity index (χ0n) is 12.5. The van der Waals surface area contributed by atoms with Gasteiger partial charge in [-0.3, -0.25) is 4.90 Å². The quantitative estimate of drug-likeness (QED) is 0.835. The first-order chi connectivity index (χ1) is 10.6. The van der Waals surface area contributed by atoms with Crippen LogP contribution in [0.5, 0.6) is 0 Å². The maximum atomic E-state index is 11.6. The summed E-state index contributed by atoms with van der Waals surface area (Å²) in [6.07, 6.45) is 0.676. The third-order valence-electron chi connectivity index (χ3n) is 3.96. The van der Waals surface area contributed by atoms with E-state index in [9.17, 15) is 8.42 Å². The van der Waals surface area contributed by atoms with E-state index < -0.39 is 9.84 Å². The third kappa shape index (κ3) is 3.36. The summed E-state index contributed by atoms with van der Waals surface area (Å²) in [7, 11) is -2.89. The summed E-state index contributed by atoms with van der Waals surface area (Å²) >= 11 is 0. The average Bonchev–Trinajstić information content (AvgIpc) is 3.12. The fourth-order valence-electron chi connectivity index (χ4n) is 2.75. The van der Waals surface area contributed by atoms with Crippen LogP contribution in [-0.2, 0) is 16.4 Å². The summed E-state index contributed by atoms with van der Waals surface area (Å²) < 4.78 is 28.9. The molecule has 22 heavy (non-hydrogen) atoms. The van der Waals surface area contributed by atoms with Gasteiger partial charge in [0.25, 0.3) is 0 Å². The molecule has 1 atom stereocenters. The molecule has 0 saturated carbocycles. The fourth-order valence-corrected chi connectivity index (χ4v) is 4.51. The highest BCUT2D eigenvalue weighted by atomic mass is 32.2. The minimum Gasteiger partial charge on any atom is -0.419 e. The molecule has 0 unspecified atom stereocenters. The monoisotopic (exact) mass is 321 g/mol. The normalized spacial score (nSPS) is 20.5. The van der Waals surface area contributed by atoms with Crippen molar-refractivity contribution in [1.82, 2.24) is 15.1 Å². The fraction of sp³-hybridized carbons (Fsp3) is 0.467. The third-order valence-corrected chi connectivity index (χ3v) is 5.71. The van der Waals surface area contributed by atoms with E-state index in [2.05, 4.69) is 15.1 Å². The van der Waals surface area contributed by atoms with Crippen molar-refractivity contribution in [2.24, 2.45) is 0 Å². The van der Waals surface area contributed by atoms with Crippen LogP contribution in [0.4, 0.5) is 0 Å². The van der Waals surface area contributed by atoms with Crippen LogP contribution in [0.1, 0.15) is 19.2 Å². The first kappa shape index (κ1) is 15.2. The van der Waals surface area contributed by atoms with Crippen LogP contribution < -0.4 is 0 Å². The van der Waals surface area contributed by atoms with E-state index in [1.807, 2.05) is 37.3 Å². The molecule has 0 spiro atoms. The molecule has 0 amide bonds. The Hall–Kier alpha value is -1.73. The molecule has 1 fully saturated rings.